The fraction of sp³-hybridized carbons (Fsp3) is 0.400. The van der Waals surface area contributed by atoms with Crippen molar-refractivity contribution in [2.24, 2.45) is 0 Å². The lowest BCUT2D eigenvalue weighted by Gasteiger charge is -2.06. The van der Waals surface area contributed by atoms with Gasteiger partial charge in [0, 0.05) is 16.7 Å². The van der Waals surface area contributed by atoms with E-state index < -0.39 is 4.92 Å². The highest BCUT2D eigenvalue weighted by atomic mass is 32.2. The zero-order valence-corrected chi connectivity index (χ0v) is 9.16. The summed E-state index contributed by atoms with van der Waals surface area (Å²) in [6.45, 7) is 1.20. The van der Waals surface area contributed by atoms with E-state index in [0.717, 1.165) is 17.3 Å². The molecule has 84 valence electrons. The number of non-ortho nitro benzene ring substituents is 1. The number of epoxide rings is 1. The van der Waals surface area contributed by atoms with Gasteiger partial charge in [0.05, 0.1) is 17.6 Å². The molecule has 5 nitrogen and oxygen atoms in total. The van der Waals surface area contributed by atoms with Crippen LogP contribution in [0.2, 0.25) is 0 Å². The van der Waals surface area contributed by atoms with Crippen LogP contribution in [-0.4, -0.2) is 29.5 Å². The molecular weight excluding hydrogens is 230 g/mol. The van der Waals surface area contributed by atoms with Crippen LogP contribution >= 0.6 is 11.8 Å². The van der Waals surface area contributed by atoms with Crippen LogP contribution < -0.4 is 4.74 Å². The summed E-state index contributed by atoms with van der Waals surface area (Å²) in [4.78, 5) is 11.2. The molecule has 3 rings (SSSR count). The largest absolute Gasteiger partial charge is 0.489 e. The van der Waals surface area contributed by atoms with Gasteiger partial charge < -0.3 is 9.47 Å². The summed E-state index contributed by atoms with van der Waals surface area (Å²) >= 11 is 1.63. The van der Waals surface area contributed by atoms with Crippen molar-refractivity contribution < 1.29 is 14.4 Å². The number of ether oxygens (including phenoxy) is 2. The maximum absolute atomic E-state index is 10.6. The first kappa shape index (κ1) is 9.92. The van der Waals surface area contributed by atoms with Crippen molar-refractivity contribution in [1.29, 1.82) is 0 Å². The number of hydrogen-bond donors (Lipinski definition) is 0. The van der Waals surface area contributed by atoms with Gasteiger partial charge in [-0.1, -0.05) is 0 Å². The first-order valence-corrected chi connectivity index (χ1v) is 5.85. The van der Waals surface area contributed by atoms with Crippen molar-refractivity contribution >= 4 is 17.4 Å². The van der Waals surface area contributed by atoms with E-state index in [4.69, 9.17) is 9.47 Å². The monoisotopic (exact) mass is 239 g/mol. The van der Waals surface area contributed by atoms with Crippen LogP contribution in [0.15, 0.2) is 23.1 Å². The second-order valence-electron chi connectivity index (χ2n) is 3.94. The quantitative estimate of drug-likeness (QED) is 0.425. The van der Waals surface area contributed by atoms with Gasteiger partial charge in [0.2, 0.25) is 0 Å². The van der Waals surface area contributed by atoms with Crippen LogP contribution in [0.3, 0.4) is 0 Å². The molecule has 6 heteroatoms. The van der Waals surface area contributed by atoms with Crippen LogP contribution in [0, 0.1) is 10.1 Å². The van der Waals surface area contributed by atoms with Gasteiger partial charge >= 0.3 is 0 Å². The Bertz CT molecular complexity index is 458. The molecule has 0 saturated carbocycles. The van der Waals surface area contributed by atoms with E-state index in [9.17, 15) is 10.1 Å². The number of thioether (sulfide) groups is 1. The van der Waals surface area contributed by atoms with Gasteiger partial charge in [0.15, 0.2) is 0 Å². The summed E-state index contributed by atoms with van der Waals surface area (Å²) in [7, 11) is 0. The first-order chi connectivity index (χ1) is 7.69. The summed E-state index contributed by atoms with van der Waals surface area (Å²) in [5.41, 5.74) is -0.0922. The smallest absolute Gasteiger partial charge is 0.273 e. The number of nitrogens with zero attached hydrogens (tertiary/aromatic N) is 1. The van der Waals surface area contributed by atoms with Gasteiger partial charge in [-0.05, 0) is 6.07 Å². The highest BCUT2D eigenvalue weighted by Gasteiger charge is 2.47. The average Bonchev–Trinajstić information content (AvgIpc) is 3.07. The van der Waals surface area contributed by atoms with Gasteiger partial charge in [0.25, 0.3) is 5.69 Å². The number of hydrogen-bond acceptors (Lipinski definition) is 5. The zero-order chi connectivity index (χ0) is 11.2. The molecule has 2 aliphatic rings. The Morgan fingerprint density at radius 3 is 2.94 bits per heavy atom. The molecule has 0 N–H and O–H groups in total. The van der Waals surface area contributed by atoms with Crippen molar-refractivity contribution in [2.75, 3.05) is 19.0 Å². The van der Waals surface area contributed by atoms with E-state index in [1.165, 1.54) is 12.1 Å². The number of nitro groups is 1. The molecule has 1 aromatic carbocycles. The van der Waals surface area contributed by atoms with Gasteiger partial charge in [-0.2, -0.15) is 0 Å². The Morgan fingerprint density at radius 1 is 1.44 bits per heavy atom. The predicted octanol–water partition coefficient (Wildman–Crippen LogP) is 1.85. The summed E-state index contributed by atoms with van der Waals surface area (Å²) in [5.74, 6) is 1.43. The van der Waals surface area contributed by atoms with E-state index in [0.29, 0.717) is 12.4 Å². The number of nitro benzene ring substituents is 1. The predicted molar refractivity (Wildman–Crippen MR) is 58.0 cm³/mol. The topological polar surface area (TPSA) is 64.9 Å². The maximum Gasteiger partial charge on any atom is 0.273 e. The minimum atomic E-state index is -0.414. The number of rotatable bonds is 1. The van der Waals surface area contributed by atoms with Gasteiger partial charge in [0.1, 0.15) is 18.0 Å². The molecule has 1 aromatic rings. The highest BCUT2D eigenvalue weighted by Crippen LogP contribution is 2.42. The Balaban J connectivity index is 1.92. The normalized spacial score (nSPS) is 26.8. The highest BCUT2D eigenvalue weighted by molar-refractivity contribution is 7.99. The minimum Gasteiger partial charge on any atom is -0.489 e. The maximum atomic E-state index is 10.6. The van der Waals surface area contributed by atoms with Crippen LogP contribution in [0.5, 0.6) is 5.75 Å². The average molecular weight is 239 g/mol. The van der Waals surface area contributed by atoms with Crippen molar-refractivity contribution in [3.8, 4) is 5.75 Å². The van der Waals surface area contributed by atoms with E-state index in [1.807, 2.05) is 0 Å². The fourth-order valence-corrected chi connectivity index (χ4v) is 2.66. The van der Waals surface area contributed by atoms with Crippen LogP contribution in [-0.2, 0) is 4.74 Å². The zero-order valence-electron chi connectivity index (χ0n) is 8.34. The lowest BCUT2D eigenvalue weighted by molar-refractivity contribution is -0.385. The molecule has 16 heavy (non-hydrogen) atoms. The summed E-state index contributed by atoms with van der Waals surface area (Å²) < 4.78 is 10.9. The molecular formula is C10H9NO4S. The third-order valence-corrected chi connectivity index (χ3v) is 3.99. The first-order valence-electron chi connectivity index (χ1n) is 4.87. The van der Waals surface area contributed by atoms with Crippen molar-refractivity contribution in [2.45, 2.75) is 10.5 Å². The standard InChI is InChI=1S/C10H9NO4S/c12-11(13)7-1-2-9-8(3-7)14-4-10(5-15-10)6-16-9/h1-3H,4-6H2. The summed E-state index contributed by atoms with van der Waals surface area (Å²) in [6, 6.07) is 4.71. The molecule has 1 fully saturated rings. The third kappa shape index (κ3) is 1.64. The number of benzene rings is 1. The van der Waals surface area contributed by atoms with Crippen molar-refractivity contribution in [3.63, 3.8) is 0 Å². The second kappa shape index (κ2) is 3.36. The van der Waals surface area contributed by atoms with Crippen LogP contribution in [0.4, 0.5) is 5.69 Å². The molecule has 0 radical (unpaired) electrons. The van der Waals surface area contributed by atoms with E-state index in [2.05, 4.69) is 0 Å². The second-order valence-corrected chi connectivity index (χ2v) is 4.95. The van der Waals surface area contributed by atoms with E-state index in [-0.39, 0.29) is 11.3 Å². The Kier molecular flexibility index (Phi) is 2.08. The van der Waals surface area contributed by atoms with Crippen molar-refractivity contribution in [3.05, 3.63) is 28.3 Å². The molecule has 1 saturated heterocycles. The fourth-order valence-electron chi connectivity index (χ4n) is 1.57. The van der Waals surface area contributed by atoms with E-state index in [1.54, 1.807) is 17.8 Å². The van der Waals surface area contributed by atoms with Crippen LogP contribution in [0.25, 0.3) is 0 Å². The number of fused-ring (bicyclic) bond motifs is 1. The molecule has 2 heterocycles. The molecule has 2 aliphatic heterocycles. The van der Waals surface area contributed by atoms with Gasteiger partial charge in [-0.25, -0.2) is 0 Å². The molecule has 0 amide bonds. The van der Waals surface area contributed by atoms with Gasteiger partial charge in [-0.3, -0.25) is 10.1 Å². The molecule has 0 aromatic heterocycles. The van der Waals surface area contributed by atoms with Gasteiger partial charge in [-0.15, -0.1) is 11.8 Å². The summed E-state index contributed by atoms with van der Waals surface area (Å²) in [6.07, 6.45) is 0. The van der Waals surface area contributed by atoms with Crippen LogP contribution in [0.1, 0.15) is 0 Å². The lowest BCUT2D eigenvalue weighted by atomic mass is 10.2. The Hall–Kier alpha value is -1.27. The van der Waals surface area contributed by atoms with Crippen molar-refractivity contribution in [1.82, 2.24) is 0 Å². The molecule has 0 bridgehead atoms. The Morgan fingerprint density at radius 2 is 2.25 bits per heavy atom. The molecule has 1 spiro atoms. The molecule has 1 unspecified atom stereocenters. The minimum absolute atomic E-state index is 0.0621. The van der Waals surface area contributed by atoms with E-state index >= 15 is 0 Å². The molecule has 0 aliphatic carbocycles. The molecule has 1 atom stereocenters. The summed E-state index contributed by atoms with van der Waals surface area (Å²) in [5, 5.41) is 10.6. The SMILES string of the molecule is O=[N+]([O-])c1ccc2c(c1)OCC1(CO1)CS2. The Labute approximate surface area is 95.9 Å². The lowest BCUT2D eigenvalue weighted by Crippen LogP contribution is -2.22. The third-order valence-electron chi connectivity index (χ3n) is 2.67.